The van der Waals surface area contributed by atoms with E-state index in [4.69, 9.17) is 24.5 Å². The van der Waals surface area contributed by atoms with E-state index in [1.807, 2.05) is 10.3 Å². The van der Waals surface area contributed by atoms with E-state index < -0.39 is 30.4 Å². The van der Waals surface area contributed by atoms with Crippen LogP contribution in [0.2, 0.25) is 0 Å². The minimum Gasteiger partial charge on any atom is -0.506 e. The van der Waals surface area contributed by atoms with E-state index >= 15 is 0 Å². The Labute approximate surface area is 340 Å². The largest absolute Gasteiger partial charge is 0.506 e. The summed E-state index contributed by atoms with van der Waals surface area (Å²) in [4.78, 5) is 45.7. The number of nitrogens with zero attached hydrogens (tertiary/aromatic N) is 4. The van der Waals surface area contributed by atoms with Crippen LogP contribution in [-0.2, 0) is 32.7 Å². The molecule has 0 aliphatic carbocycles. The number of thiazole rings is 2. The Hall–Kier alpha value is -3.93. The van der Waals surface area contributed by atoms with Crippen molar-refractivity contribution in [2.45, 2.75) is 76.1 Å². The second-order valence-electron chi connectivity index (χ2n) is 14.5. The average molecular weight is 884 g/mol. The zero-order chi connectivity index (χ0) is 43.1. The lowest BCUT2D eigenvalue weighted by atomic mass is 9.89. The fourth-order valence-electron chi connectivity index (χ4n) is 5.98. The zero-order valence-corrected chi connectivity index (χ0v) is 34.0. The highest BCUT2D eigenvalue weighted by Crippen LogP contribution is 2.34. The molecule has 22 heteroatoms. The van der Waals surface area contributed by atoms with Gasteiger partial charge in [0.2, 0.25) is 0 Å². The monoisotopic (exact) mass is 883 g/mol. The topological polar surface area (TPSA) is 186 Å². The number of aliphatic hydroxyl groups excluding tert-OH is 1. The number of nitrogens with one attached hydrogen (secondary N) is 1. The number of phenols is 1. The predicted octanol–water partition coefficient (Wildman–Crippen LogP) is 6.46. The Balaban J connectivity index is 0.000000456. The van der Waals surface area contributed by atoms with Gasteiger partial charge >= 0.3 is 24.3 Å². The van der Waals surface area contributed by atoms with Crippen LogP contribution in [-0.4, -0.2) is 122 Å². The van der Waals surface area contributed by atoms with Crippen molar-refractivity contribution in [1.29, 1.82) is 0 Å². The van der Waals surface area contributed by atoms with Gasteiger partial charge < -0.3 is 35.4 Å². The lowest BCUT2D eigenvalue weighted by Gasteiger charge is -2.47. The third kappa shape index (κ3) is 13.0. The van der Waals surface area contributed by atoms with Crippen molar-refractivity contribution in [3.63, 3.8) is 0 Å². The van der Waals surface area contributed by atoms with Crippen molar-refractivity contribution in [3.8, 4) is 5.75 Å². The summed E-state index contributed by atoms with van der Waals surface area (Å²) in [5, 5.41) is 43.5. The molecule has 58 heavy (non-hydrogen) atoms. The maximum Gasteiger partial charge on any atom is 0.490 e. The van der Waals surface area contributed by atoms with Gasteiger partial charge in [-0.2, -0.15) is 26.3 Å². The van der Waals surface area contributed by atoms with Crippen molar-refractivity contribution in [3.05, 3.63) is 61.2 Å². The lowest BCUT2D eigenvalue weighted by Crippen LogP contribution is -2.57. The maximum atomic E-state index is 13.3. The number of fused-ring (bicyclic) bond motifs is 1. The summed E-state index contributed by atoms with van der Waals surface area (Å²) in [6.45, 7) is 12.2. The summed E-state index contributed by atoms with van der Waals surface area (Å²) in [6.07, 6.45) is -8.10. The van der Waals surface area contributed by atoms with Crippen LogP contribution < -0.4 is 5.32 Å². The molecule has 3 aromatic heterocycles. The van der Waals surface area contributed by atoms with E-state index in [0.29, 0.717) is 37.5 Å². The van der Waals surface area contributed by atoms with Gasteiger partial charge in [-0.25, -0.2) is 19.6 Å². The van der Waals surface area contributed by atoms with Gasteiger partial charge in [-0.3, -0.25) is 9.69 Å². The van der Waals surface area contributed by atoms with Crippen molar-refractivity contribution in [2.75, 3.05) is 45.9 Å². The molecule has 1 amide bonds. The molecular formula is C36H43F6N5O8S3. The van der Waals surface area contributed by atoms with E-state index in [2.05, 4.69) is 52.4 Å². The predicted molar refractivity (Wildman–Crippen MR) is 204 cm³/mol. The number of hydrogen-bond donors (Lipinski definition) is 5. The van der Waals surface area contributed by atoms with Crippen LogP contribution in [0.1, 0.15) is 71.2 Å². The number of thiophene rings is 1. The summed E-state index contributed by atoms with van der Waals surface area (Å²) in [5.74, 6) is -5.35. The highest BCUT2D eigenvalue weighted by Gasteiger charge is 2.42. The molecule has 0 radical (unpaired) electrons. The molecule has 0 unspecified atom stereocenters. The number of halogens is 6. The van der Waals surface area contributed by atoms with E-state index in [9.17, 15) is 41.4 Å². The molecule has 2 fully saturated rings. The number of piperidine rings is 1. The molecule has 5 N–H and O–H groups in total. The summed E-state index contributed by atoms with van der Waals surface area (Å²) in [6, 6.07) is 5.67. The number of benzene rings is 1. The van der Waals surface area contributed by atoms with Crippen LogP contribution in [0.25, 0.3) is 10.2 Å². The quantitative estimate of drug-likeness (QED) is 0.0915. The van der Waals surface area contributed by atoms with Gasteiger partial charge in [-0.15, -0.1) is 34.0 Å². The zero-order valence-electron chi connectivity index (χ0n) is 31.5. The molecule has 1 spiro atoms. The van der Waals surface area contributed by atoms with Crippen LogP contribution >= 0.6 is 34.0 Å². The normalized spacial score (nSPS) is 16.6. The Bertz CT molecular complexity index is 1980. The second kappa shape index (κ2) is 19.4. The highest BCUT2D eigenvalue weighted by molar-refractivity contribution is 7.17. The molecule has 2 aliphatic rings. The number of carboxylic acid groups (broad SMARTS) is 2. The van der Waals surface area contributed by atoms with E-state index in [0.717, 1.165) is 60.7 Å². The summed E-state index contributed by atoms with van der Waals surface area (Å²) >= 11 is 4.80. The molecule has 4 aromatic rings. The Morgan fingerprint density at radius 3 is 2.19 bits per heavy atom. The Morgan fingerprint density at radius 1 is 0.966 bits per heavy atom. The first-order chi connectivity index (χ1) is 27.0. The van der Waals surface area contributed by atoms with Gasteiger partial charge in [0.25, 0.3) is 5.91 Å². The van der Waals surface area contributed by atoms with Gasteiger partial charge in [-0.05, 0) is 48.9 Å². The van der Waals surface area contributed by atoms with Gasteiger partial charge in [-0.1, -0.05) is 26.8 Å². The molecule has 1 aromatic carbocycles. The number of carbonyl (C=O) groups is 3. The number of phenolic OH excluding ortho intramolecular Hbond substituents is 1. The van der Waals surface area contributed by atoms with Crippen LogP contribution in [0, 0.1) is 0 Å². The number of amides is 1. The number of morpholine rings is 1. The molecule has 0 saturated carbocycles. The molecule has 5 heterocycles. The highest BCUT2D eigenvalue weighted by atomic mass is 32.1. The molecule has 2 aliphatic heterocycles. The molecule has 2 saturated heterocycles. The van der Waals surface area contributed by atoms with Gasteiger partial charge in [0.05, 0.1) is 40.1 Å². The number of aromatic hydroxyl groups is 1. The van der Waals surface area contributed by atoms with Gasteiger partial charge in [0, 0.05) is 54.0 Å². The van der Waals surface area contributed by atoms with E-state index in [1.54, 1.807) is 40.3 Å². The molecule has 0 bridgehead atoms. The molecule has 1 atom stereocenters. The number of likely N-dealkylation sites (tertiary alicyclic amines) is 1. The van der Waals surface area contributed by atoms with Crippen LogP contribution in [0.4, 0.5) is 26.3 Å². The first kappa shape index (κ1) is 46.8. The van der Waals surface area contributed by atoms with E-state index in [-0.39, 0.29) is 22.7 Å². The fraction of sp³-hybridized carbons (Fsp3) is 0.528. The number of hydrogen-bond acceptors (Lipinski definition) is 13. The molecule has 320 valence electrons. The minimum atomic E-state index is -5.08. The number of alkyl halides is 6. The number of carbonyl (C=O) groups excluding carboxylic acids is 1. The lowest BCUT2D eigenvalue weighted by molar-refractivity contribution is -0.193. The standard InChI is InChI=1S/C32H41N5O4S3.2C2HF3O2/c1-31(2,3)30-35-24(18-43-30)29(40)37-12-13-41-32(19-37)7-10-36(11-8-32)16-22-14-21(17-42-22)6-9-33-15-26(39)23-4-5-25(38)27-28(23)44-20-34-27;2*3-2(4,5)1(6)7/h4-5,14,17-18,20,26,33,38-39H,6-13,15-16,19H2,1-3H3;2*(H,6,7)/t26-;;/m0../s1. The number of rotatable bonds is 9. The average Bonchev–Trinajstić information content (AvgIpc) is 3.93. The van der Waals surface area contributed by atoms with Crippen molar-refractivity contribution >= 4 is 62.1 Å². The summed E-state index contributed by atoms with van der Waals surface area (Å²) < 4.78 is 70.6. The Kier molecular flexibility index (Phi) is 15.7. The van der Waals surface area contributed by atoms with Gasteiger partial charge in [0.1, 0.15) is 17.0 Å². The SMILES string of the molecule is CC(C)(C)c1nc(C(=O)N2CCOC3(CCN(Cc4cc(CCNC[C@H](O)c5ccc(O)c6ncsc56)cs4)CC3)C2)cs1.O=C(O)C(F)(F)F.O=C(O)C(F)(F)F. The maximum absolute atomic E-state index is 13.3. The number of aromatic nitrogens is 2. The summed E-state index contributed by atoms with van der Waals surface area (Å²) in [5.41, 5.74) is 4.57. The number of aliphatic hydroxyl groups is 1. The number of aliphatic carboxylic acids is 2. The second-order valence-corrected chi connectivity index (χ2v) is 17.2. The van der Waals surface area contributed by atoms with Crippen molar-refractivity contribution in [2.24, 2.45) is 0 Å². The number of carboxylic acids is 2. The third-order valence-electron chi connectivity index (χ3n) is 9.02. The first-order valence-electron chi connectivity index (χ1n) is 17.7. The van der Waals surface area contributed by atoms with Gasteiger partial charge in [0.15, 0.2) is 0 Å². The summed E-state index contributed by atoms with van der Waals surface area (Å²) in [7, 11) is 0. The number of ether oxygens (including phenoxy) is 1. The fourth-order valence-corrected chi connectivity index (χ4v) is 8.70. The Morgan fingerprint density at radius 2 is 1.60 bits per heavy atom. The van der Waals surface area contributed by atoms with Crippen LogP contribution in [0.3, 0.4) is 0 Å². The van der Waals surface area contributed by atoms with Crippen molar-refractivity contribution < 1.29 is 65.9 Å². The van der Waals surface area contributed by atoms with Crippen LogP contribution in [0.5, 0.6) is 5.75 Å². The van der Waals surface area contributed by atoms with Crippen molar-refractivity contribution in [1.82, 2.24) is 25.1 Å². The third-order valence-corrected chi connectivity index (χ3v) is 12.1. The van der Waals surface area contributed by atoms with Crippen LogP contribution in [0.15, 0.2) is 34.5 Å². The first-order valence-corrected chi connectivity index (χ1v) is 20.3. The van der Waals surface area contributed by atoms with E-state index in [1.165, 1.54) is 21.8 Å². The smallest absolute Gasteiger partial charge is 0.490 e. The minimum absolute atomic E-state index is 0.0226. The molecule has 13 nitrogen and oxygen atoms in total. The molecular weight excluding hydrogens is 841 g/mol. The molecule has 6 rings (SSSR count).